The molecule has 0 aliphatic carbocycles. The van der Waals surface area contributed by atoms with E-state index in [4.69, 9.17) is 4.74 Å². The van der Waals surface area contributed by atoms with Gasteiger partial charge in [-0.2, -0.15) is 0 Å². The van der Waals surface area contributed by atoms with Gasteiger partial charge in [0.25, 0.3) is 0 Å². The second kappa shape index (κ2) is 6.78. The third-order valence-electron chi connectivity index (χ3n) is 4.00. The van der Waals surface area contributed by atoms with Crippen LogP contribution in [0.4, 0.5) is 0 Å². The van der Waals surface area contributed by atoms with Crippen LogP contribution in [0.5, 0.6) is 5.75 Å². The number of ether oxygens (including phenoxy) is 1. The minimum absolute atomic E-state index is 0.161. The second-order valence-corrected chi connectivity index (χ2v) is 9.77. The lowest BCUT2D eigenvalue weighted by atomic mass is 10.0. The van der Waals surface area contributed by atoms with Crippen LogP contribution in [-0.2, 0) is 26.3 Å². The highest BCUT2D eigenvalue weighted by atomic mass is 32.2. The molecule has 25 heavy (non-hydrogen) atoms. The molecule has 1 unspecified atom stereocenters. The van der Waals surface area contributed by atoms with Gasteiger partial charge in [0.05, 0.1) is 16.0 Å². The number of sulfonamides is 1. The zero-order valence-corrected chi connectivity index (χ0v) is 15.3. The molecule has 1 N–H and O–H groups in total. The summed E-state index contributed by atoms with van der Waals surface area (Å²) in [5.41, 5.74) is 0.919. The van der Waals surface area contributed by atoms with Gasteiger partial charge in [-0.25, -0.2) is 21.6 Å². The zero-order valence-electron chi connectivity index (χ0n) is 13.7. The molecule has 1 heterocycles. The van der Waals surface area contributed by atoms with Crippen molar-refractivity contribution in [2.75, 3.05) is 12.8 Å². The predicted molar refractivity (Wildman–Crippen MR) is 93.9 cm³/mol. The Morgan fingerprint density at radius 2 is 1.76 bits per heavy atom. The fraction of sp³-hybridized carbons (Fsp3) is 0.294. The molecule has 1 atom stereocenters. The topological polar surface area (TPSA) is 89.5 Å². The zero-order chi connectivity index (χ0) is 18.1. The van der Waals surface area contributed by atoms with Crippen LogP contribution in [0.25, 0.3) is 0 Å². The first-order valence-electron chi connectivity index (χ1n) is 7.80. The molecule has 2 aromatic rings. The number of hydrogen-bond acceptors (Lipinski definition) is 5. The average Bonchev–Trinajstić information content (AvgIpc) is 2.59. The Bertz CT molecular complexity index is 969. The van der Waals surface area contributed by atoms with Crippen molar-refractivity contribution in [2.24, 2.45) is 0 Å². The largest absolute Gasteiger partial charge is 0.489 e. The van der Waals surface area contributed by atoms with Crippen molar-refractivity contribution in [3.63, 3.8) is 0 Å². The Hall–Kier alpha value is -1.90. The third kappa shape index (κ3) is 4.20. The van der Waals surface area contributed by atoms with Crippen LogP contribution >= 0.6 is 0 Å². The fourth-order valence-electron chi connectivity index (χ4n) is 2.70. The maximum absolute atomic E-state index is 12.7. The van der Waals surface area contributed by atoms with Gasteiger partial charge in [-0.1, -0.05) is 24.3 Å². The molecule has 0 radical (unpaired) electrons. The van der Waals surface area contributed by atoms with Crippen molar-refractivity contribution in [2.45, 2.75) is 28.7 Å². The van der Waals surface area contributed by atoms with Crippen molar-refractivity contribution in [3.8, 4) is 5.75 Å². The molecule has 3 rings (SSSR count). The van der Waals surface area contributed by atoms with E-state index in [2.05, 4.69) is 4.72 Å². The Morgan fingerprint density at radius 1 is 1.04 bits per heavy atom. The van der Waals surface area contributed by atoms with Crippen LogP contribution in [0.3, 0.4) is 0 Å². The molecule has 0 amide bonds. The quantitative estimate of drug-likeness (QED) is 0.852. The molecule has 2 aromatic carbocycles. The average molecular weight is 381 g/mol. The van der Waals surface area contributed by atoms with Gasteiger partial charge in [0.2, 0.25) is 19.9 Å². The minimum atomic E-state index is -3.62. The maximum atomic E-state index is 12.7. The number of hydrogen-bond donors (Lipinski definition) is 1. The van der Waals surface area contributed by atoms with E-state index in [0.717, 1.165) is 11.8 Å². The van der Waals surface area contributed by atoms with Gasteiger partial charge < -0.3 is 4.74 Å². The van der Waals surface area contributed by atoms with Gasteiger partial charge in [-0.15, -0.1) is 0 Å². The monoisotopic (exact) mass is 381 g/mol. The summed E-state index contributed by atoms with van der Waals surface area (Å²) in [4.78, 5) is 0.384. The summed E-state index contributed by atoms with van der Waals surface area (Å²) >= 11 is 0. The lowest BCUT2D eigenvalue weighted by molar-refractivity contribution is 0.176. The molecule has 0 bridgehead atoms. The molecule has 0 fully saturated rings. The van der Waals surface area contributed by atoms with Crippen molar-refractivity contribution >= 4 is 19.9 Å². The number of benzene rings is 2. The van der Waals surface area contributed by atoms with E-state index in [9.17, 15) is 16.8 Å². The maximum Gasteiger partial charge on any atom is 0.208 e. The number of aryl methyl sites for hydroxylation is 1. The molecule has 1 aliphatic rings. The van der Waals surface area contributed by atoms with Crippen molar-refractivity contribution in [1.29, 1.82) is 0 Å². The van der Waals surface area contributed by atoms with E-state index in [1.54, 1.807) is 42.5 Å². The number of nitrogens with one attached hydrogen (secondary N) is 1. The molecule has 0 spiro atoms. The fourth-order valence-corrected chi connectivity index (χ4v) is 4.48. The van der Waals surface area contributed by atoms with Gasteiger partial charge in [-0.3, -0.25) is 0 Å². The highest BCUT2D eigenvalue weighted by molar-refractivity contribution is 7.91. The molecule has 6 nitrogen and oxygen atoms in total. The summed E-state index contributed by atoms with van der Waals surface area (Å²) in [7, 11) is -6.91. The smallest absolute Gasteiger partial charge is 0.208 e. The first kappa shape index (κ1) is 17.9. The molecule has 0 aromatic heterocycles. The van der Waals surface area contributed by atoms with Gasteiger partial charge in [0.1, 0.15) is 11.9 Å². The van der Waals surface area contributed by atoms with Crippen LogP contribution in [0.15, 0.2) is 58.3 Å². The van der Waals surface area contributed by atoms with E-state index < -0.39 is 19.9 Å². The Morgan fingerprint density at radius 3 is 2.44 bits per heavy atom. The van der Waals surface area contributed by atoms with Crippen molar-refractivity contribution in [1.82, 2.24) is 4.72 Å². The van der Waals surface area contributed by atoms with Gasteiger partial charge in [0, 0.05) is 6.54 Å². The van der Waals surface area contributed by atoms with Crippen LogP contribution in [0.1, 0.15) is 12.0 Å². The van der Waals surface area contributed by atoms with Gasteiger partial charge in [-0.05, 0) is 42.7 Å². The molecule has 8 heteroatoms. The standard InChI is InChI=1S/C17H19NO5S2/c1-24(19,20)18-12-14-9-7-13-8-10-16(11-17(13)23-14)25(21,22)15-5-3-2-4-6-15/h2-6,8,10-11,14,18H,7,9,12H2,1H3. The molecule has 0 saturated carbocycles. The molecular formula is C17H19NO5S2. The highest BCUT2D eigenvalue weighted by Gasteiger charge is 2.24. The van der Waals surface area contributed by atoms with Crippen LogP contribution < -0.4 is 9.46 Å². The predicted octanol–water partition coefficient (Wildman–Crippen LogP) is 1.76. The summed E-state index contributed by atoms with van der Waals surface area (Å²) in [6.45, 7) is 0.161. The van der Waals surface area contributed by atoms with E-state index in [1.807, 2.05) is 0 Å². The van der Waals surface area contributed by atoms with E-state index in [0.29, 0.717) is 18.6 Å². The van der Waals surface area contributed by atoms with Crippen LogP contribution in [0, 0.1) is 0 Å². The summed E-state index contributed by atoms with van der Waals surface area (Å²) in [5, 5.41) is 0. The first-order valence-corrected chi connectivity index (χ1v) is 11.2. The van der Waals surface area contributed by atoms with Crippen molar-refractivity contribution in [3.05, 3.63) is 54.1 Å². The summed E-state index contributed by atoms with van der Waals surface area (Å²) < 4.78 is 56.1. The minimum Gasteiger partial charge on any atom is -0.489 e. The van der Waals surface area contributed by atoms with Crippen molar-refractivity contribution < 1.29 is 21.6 Å². The Labute approximate surface area is 147 Å². The number of rotatable bonds is 5. The highest BCUT2D eigenvalue weighted by Crippen LogP contribution is 2.32. The normalized spacial score (nSPS) is 17.6. The van der Waals surface area contributed by atoms with Gasteiger partial charge in [0.15, 0.2) is 0 Å². The van der Waals surface area contributed by atoms with Crippen LogP contribution in [-0.4, -0.2) is 35.7 Å². The van der Waals surface area contributed by atoms with Gasteiger partial charge >= 0.3 is 0 Å². The Kier molecular flexibility index (Phi) is 4.86. The summed E-state index contributed by atoms with van der Waals surface area (Å²) in [6.07, 6.45) is 2.14. The Balaban J connectivity index is 1.85. The number of sulfone groups is 1. The molecule has 134 valence electrons. The molecule has 1 aliphatic heterocycles. The lowest BCUT2D eigenvalue weighted by Crippen LogP contribution is -2.36. The van der Waals surface area contributed by atoms with E-state index in [1.165, 1.54) is 6.07 Å². The third-order valence-corrected chi connectivity index (χ3v) is 6.46. The van der Waals surface area contributed by atoms with E-state index in [-0.39, 0.29) is 22.4 Å². The summed E-state index contributed by atoms with van der Waals surface area (Å²) in [6, 6.07) is 13.1. The second-order valence-electron chi connectivity index (χ2n) is 5.99. The SMILES string of the molecule is CS(=O)(=O)NCC1CCc2ccc(S(=O)(=O)c3ccccc3)cc2O1. The molecular weight excluding hydrogens is 362 g/mol. The summed E-state index contributed by atoms with van der Waals surface area (Å²) in [5.74, 6) is 0.489. The van der Waals surface area contributed by atoms with Crippen LogP contribution in [0.2, 0.25) is 0 Å². The molecule has 0 saturated heterocycles. The number of fused-ring (bicyclic) bond motifs is 1. The lowest BCUT2D eigenvalue weighted by Gasteiger charge is -2.26. The first-order chi connectivity index (χ1) is 11.8. The van der Waals surface area contributed by atoms with E-state index >= 15 is 0 Å².